The Hall–Kier alpha value is -2.41. The van der Waals surface area contributed by atoms with Crippen molar-refractivity contribution in [3.63, 3.8) is 0 Å². The van der Waals surface area contributed by atoms with Crippen molar-refractivity contribution < 1.29 is 29.3 Å². The average molecular weight is 255 g/mol. The van der Waals surface area contributed by atoms with E-state index in [4.69, 9.17) is 10.2 Å². The van der Waals surface area contributed by atoms with Crippen molar-refractivity contribution in [3.8, 4) is 5.75 Å². The molecule has 4 N–H and O–H groups in total. The first-order valence-corrected chi connectivity index (χ1v) is 4.81. The molecule has 0 unspecified atom stereocenters. The molecule has 0 bridgehead atoms. The number of hydrogen-bond acceptors (Lipinski definition) is 5. The molecule has 1 aromatic rings. The monoisotopic (exact) mass is 255 g/mol. The summed E-state index contributed by atoms with van der Waals surface area (Å²) in [5.74, 6) is -2.54. The van der Waals surface area contributed by atoms with E-state index in [2.05, 4.69) is 10.5 Å². The van der Waals surface area contributed by atoms with E-state index >= 15 is 0 Å². The Morgan fingerprint density at radius 2 is 1.72 bits per heavy atom. The van der Waals surface area contributed by atoms with Crippen molar-refractivity contribution in [2.75, 3.05) is 6.54 Å². The molecule has 0 aliphatic rings. The second-order valence-corrected chi connectivity index (χ2v) is 2.99. The quantitative estimate of drug-likeness (QED) is 0.525. The number of ether oxygens (including phenoxy) is 1. The Morgan fingerprint density at radius 1 is 1.22 bits per heavy atom. The number of carboxylic acid groups (broad SMARTS) is 2. The number of aliphatic carboxylic acids is 1. The molecule has 0 aromatic heterocycles. The highest BCUT2D eigenvalue weighted by Crippen LogP contribution is 2.17. The minimum absolute atomic E-state index is 0.0160. The lowest BCUT2D eigenvalue weighted by atomic mass is 10.2. The largest absolute Gasteiger partial charge is 0.480 e. The average Bonchev–Trinajstić information content (AvgIpc) is 2.29. The van der Waals surface area contributed by atoms with Crippen LogP contribution in [0.5, 0.6) is 5.75 Å². The molecule has 0 saturated carbocycles. The number of para-hydroxylation sites is 1. The zero-order chi connectivity index (χ0) is 14.1. The molecule has 7 heteroatoms. The number of hydrogen-bond donors (Lipinski definition) is 3. The highest BCUT2D eigenvalue weighted by molar-refractivity contribution is 5.91. The zero-order valence-electron chi connectivity index (χ0n) is 9.62. The molecule has 1 rings (SSSR count). The molecular formula is C11H13NO6. The Morgan fingerprint density at radius 3 is 2.11 bits per heavy atom. The summed E-state index contributed by atoms with van der Waals surface area (Å²) >= 11 is 0. The molecule has 0 heterocycles. The van der Waals surface area contributed by atoms with E-state index in [0.717, 1.165) is 0 Å². The van der Waals surface area contributed by atoms with Gasteiger partial charge in [-0.25, -0.2) is 4.79 Å². The van der Waals surface area contributed by atoms with Crippen molar-refractivity contribution >= 4 is 17.9 Å². The molecule has 0 amide bonds. The Bertz CT molecular complexity index is 443. The van der Waals surface area contributed by atoms with Crippen molar-refractivity contribution in [1.29, 1.82) is 0 Å². The first kappa shape index (κ1) is 15.6. The Balaban J connectivity index is 0.000000494. The maximum Gasteiger partial charge on any atom is 0.339 e. The van der Waals surface area contributed by atoms with Gasteiger partial charge in [-0.3, -0.25) is 9.59 Å². The summed E-state index contributed by atoms with van der Waals surface area (Å²) in [5, 5.41) is 16.3. The van der Waals surface area contributed by atoms with Crippen molar-refractivity contribution in [2.24, 2.45) is 5.73 Å². The highest BCUT2D eigenvalue weighted by Gasteiger charge is 2.10. The standard InChI is InChI=1S/C9H8O4.C2H5NO2/c1-6(10)13-8-5-3-2-4-7(8)9(11)12;3-1-2(4)5/h2-5H,1H3,(H,11,12);1,3H2,(H,4,5). The fourth-order valence-corrected chi connectivity index (χ4v) is 0.887. The van der Waals surface area contributed by atoms with E-state index in [1.54, 1.807) is 12.1 Å². The first-order chi connectivity index (χ1) is 8.38. The van der Waals surface area contributed by atoms with E-state index in [-0.39, 0.29) is 17.9 Å². The van der Waals surface area contributed by atoms with Gasteiger partial charge in [-0.1, -0.05) is 12.1 Å². The summed E-state index contributed by atoms with van der Waals surface area (Å²) in [7, 11) is 0. The van der Waals surface area contributed by atoms with Crippen LogP contribution in [0.15, 0.2) is 24.3 Å². The number of nitrogens with two attached hydrogens (primary N) is 1. The number of carboxylic acids is 2. The molecule has 0 aliphatic heterocycles. The van der Waals surface area contributed by atoms with Crippen LogP contribution in [0, 0.1) is 0 Å². The summed E-state index contributed by atoms with van der Waals surface area (Å²) < 4.78 is 4.69. The fourth-order valence-electron chi connectivity index (χ4n) is 0.887. The molecule has 7 nitrogen and oxygen atoms in total. The van der Waals surface area contributed by atoms with Crippen molar-refractivity contribution in [3.05, 3.63) is 29.8 Å². The summed E-state index contributed by atoms with van der Waals surface area (Å²) in [6, 6.07) is 5.98. The van der Waals surface area contributed by atoms with E-state index in [0.29, 0.717) is 0 Å². The number of carbonyl (C=O) groups excluding carboxylic acids is 1. The van der Waals surface area contributed by atoms with Gasteiger partial charge >= 0.3 is 17.9 Å². The molecule has 0 saturated heterocycles. The minimum Gasteiger partial charge on any atom is -0.480 e. The van der Waals surface area contributed by atoms with Crippen molar-refractivity contribution in [1.82, 2.24) is 0 Å². The number of carbonyl (C=O) groups is 3. The predicted molar refractivity (Wildman–Crippen MR) is 61.4 cm³/mol. The van der Waals surface area contributed by atoms with Gasteiger partial charge in [-0.15, -0.1) is 0 Å². The normalized spacial score (nSPS) is 8.78. The maximum atomic E-state index is 10.6. The molecule has 98 valence electrons. The SMILES string of the molecule is CC(=O)Oc1ccccc1C(=O)O.NCC(=O)O. The maximum absolute atomic E-state index is 10.6. The molecule has 1 aromatic carbocycles. The number of aromatic carboxylic acids is 1. The van der Waals surface area contributed by atoms with E-state index in [9.17, 15) is 14.4 Å². The first-order valence-electron chi connectivity index (χ1n) is 4.81. The van der Waals surface area contributed by atoms with Gasteiger partial charge in [0.15, 0.2) is 0 Å². The van der Waals surface area contributed by atoms with Gasteiger partial charge in [0.05, 0.1) is 6.54 Å². The lowest BCUT2D eigenvalue weighted by molar-refractivity contribution is -0.135. The summed E-state index contributed by atoms with van der Waals surface area (Å²) in [4.78, 5) is 30.4. The number of benzene rings is 1. The molecule has 0 atom stereocenters. The van der Waals surface area contributed by atoms with Crippen LogP contribution >= 0.6 is 0 Å². The summed E-state index contributed by atoms with van der Waals surface area (Å²) in [6.45, 7) is 0.943. The van der Waals surface area contributed by atoms with Gasteiger partial charge in [0.25, 0.3) is 0 Å². The van der Waals surface area contributed by atoms with Crippen LogP contribution < -0.4 is 10.5 Å². The summed E-state index contributed by atoms with van der Waals surface area (Å²) in [5.41, 5.74) is 4.56. The lowest BCUT2D eigenvalue weighted by Crippen LogP contribution is -2.10. The van der Waals surface area contributed by atoms with Crippen molar-refractivity contribution in [2.45, 2.75) is 6.92 Å². The molecule has 0 fully saturated rings. The number of esters is 1. The van der Waals surface area contributed by atoms with Crippen LogP contribution in [0.4, 0.5) is 0 Å². The van der Waals surface area contributed by atoms with Crippen LogP contribution in [0.25, 0.3) is 0 Å². The minimum atomic E-state index is -1.11. The highest BCUT2D eigenvalue weighted by atomic mass is 16.5. The third kappa shape index (κ3) is 6.23. The smallest absolute Gasteiger partial charge is 0.339 e. The van der Waals surface area contributed by atoms with Crippen LogP contribution in [-0.2, 0) is 9.59 Å². The number of rotatable bonds is 3. The third-order valence-corrected chi connectivity index (χ3v) is 1.55. The van der Waals surface area contributed by atoms with E-state index < -0.39 is 17.9 Å². The Kier molecular flexibility index (Phi) is 6.75. The van der Waals surface area contributed by atoms with Crippen LogP contribution in [0.2, 0.25) is 0 Å². The van der Waals surface area contributed by atoms with Crippen LogP contribution in [0.3, 0.4) is 0 Å². The molecule has 18 heavy (non-hydrogen) atoms. The van der Waals surface area contributed by atoms with E-state index in [1.807, 2.05) is 0 Å². The predicted octanol–water partition coefficient (Wildman–Crippen LogP) is 0.340. The van der Waals surface area contributed by atoms with Crippen LogP contribution in [0.1, 0.15) is 17.3 Å². The second-order valence-electron chi connectivity index (χ2n) is 2.99. The molecule has 0 aliphatic carbocycles. The molecule has 0 radical (unpaired) electrons. The van der Waals surface area contributed by atoms with Gasteiger partial charge in [0, 0.05) is 6.92 Å². The summed E-state index contributed by atoms with van der Waals surface area (Å²) in [6.07, 6.45) is 0. The topological polar surface area (TPSA) is 127 Å². The zero-order valence-corrected chi connectivity index (χ0v) is 9.62. The van der Waals surface area contributed by atoms with Gasteiger partial charge in [0.2, 0.25) is 0 Å². The lowest BCUT2D eigenvalue weighted by Gasteiger charge is -2.03. The molecular weight excluding hydrogens is 242 g/mol. The van der Waals surface area contributed by atoms with E-state index in [1.165, 1.54) is 19.1 Å². The van der Waals surface area contributed by atoms with Gasteiger partial charge < -0.3 is 20.7 Å². The van der Waals surface area contributed by atoms with Gasteiger partial charge in [-0.2, -0.15) is 0 Å². The fraction of sp³-hybridized carbons (Fsp3) is 0.182. The van der Waals surface area contributed by atoms with Gasteiger partial charge in [-0.05, 0) is 12.1 Å². The second kappa shape index (κ2) is 7.80. The molecule has 0 spiro atoms. The third-order valence-electron chi connectivity index (χ3n) is 1.55. The van der Waals surface area contributed by atoms with Gasteiger partial charge in [0.1, 0.15) is 11.3 Å². The van der Waals surface area contributed by atoms with Crippen LogP contribution in [-0.4, -0.2) is 34.7 Å². The Labute approximate surface area is 103 Å².